The molecule has 0 N–H and O–H groups in total. The molecule has 190 valence electrons. The Balaban J connectivity index is 0.000000380. The SMILES string of the molecule is CC(C)(C)OC(=O)COCc1cccc(F)c1C(F)(F)F.Fc1cccc(CBr)c1C(F)(F)F. The number of hydrogen-bond acceptors (Lipinski definition) is 3. The largest absolute Gasteiger partial charge is 0.458 e. The smallest absolute Gasteiger partial charge is 0.419 e. The maximum absolute atomic E-state index is 13.3. The molecule has 3 nitrogen and oxygen atoms in total. The van der Waals surface area contributed by atoms with Crippen LogP contribution in [0.15, 0.2) is 36.4 Å². The van der Waals surface area contributed by atoms with E-state index < -0.39 is 59.9 Å². The van der Waals surface area contributed by atoms with E-state index in [9.17, 15) is 39.9 Å². The predicted octanol–water partition coefficient (Wildman–Crippen LogP) is 7.44. The van der Waals surface area contributed by atoms with Gasteiger partial charge in [-0.05, 0) is 44.0 Å². The highest BCUT2D eigenvalue weighted by molar-refractivity contribution is 9.08. The van der Waals surface area contributed by atoms with Crippen LogP contribution in [0.2, 0.25) is 0 Å². The molecule has 0 unspecified atom stereocenters. The standard InChI is InChI=1S/C14H16F4O3.C8H5BrF4/c1-13(2,3)21-11(19)8-20-7-9-5-4-6-10(15)12(9)14(16,17)18;9-4-5-2-1-3-6(10)7(5)8(11,12)13/h4-6H,7-8H2,1-3H3;1-3H,4H2. The van der Waals surface area contributed by atoms with Gasteiger partial charge in [-0.25, -0.2) is 13.6 Å². The summed E-state index contributed by atoms with van der Waals surface area (Å²) in [6, 6.07) is 6.26. The molecule has 12 heteroatoms. The van der Waals surface area contributed by atoms with E-state index >= 15 is 0 Å². The van der Waals surface area contributed by atoms with E-state index in [1.54, 1.807) is 20.8 Å². The van der Waals surface area contributed by atoms with E-state index in [4.69, 9.17) is 9.47 Å². The lowest BCUT2D eigenvalue weighted by Gasteiger charge is -2.19. The average Bonchev–Trinajstić information content (AvgIpc) is 2.64. The molecule has 0 fully saturated rings. The van der Waals surface area contributed by atoms with Gasteiger partial charge >= 0.3 is 18.3 Å². The van der Waals surface area contributed by atoms with Crippen molar-refractivity contribution in [3.05, 3.63) is 70.3 Å². The molecule has 0 spiro atoms. The van der Waals surface area contributed by atoms with Gasteiger partial charge in [0.2, 0.25) is 0 Å². The number of halogens is 9. The van der Waals surface area contributed by atoms with Crippen molar-refractivity contribution in [2.24, 2.45) is 0 Å². The summed E-state index contributed by atoms with van der Waals surface area (Å²) in [6.07, 6.45) is -9.45. The Hall–Kier alpha value is -2.21. The van der Waals surface area contributed by atoms with Crippen LogP contribution in [0, 0.1) is 11.6 Å². The summed E-state index contributed by atoms with van der Waals surface area (Å²) in [5, 5.41) is -0.0143. The number of esters is 1. The lowest BCUT2D eigenvalue weighted by Crippen LogP contribution is -2.26. The average molecular weight is 565 g/mol. The first-order valence-electron chi connectivity index (χ1n) is 9.52. The number of benzene rings is 2. The minimum Gasteiger partial charge on any atom is -0.458 e. The zero-order chi connectivity index (χ0) is 26.3. The van der Waals surface area contributed by atoms with Crippen molar-refractivity contribution in [2.45, 2.75) is 50.7 Å². The second-order valence-corrected chi connectivity index (χ2v) is 8.32. The number of hydrogen-bond donors (Lipinski definition) is 0. The van der Waals surface area contributed by atoms with Crippen molar-refractivity contribution in [3.63, 3.8) is 0 Å². The molecule has 0 radical (unpaired) electrons. The quantitative estimate of drug-likeness (QED) is 0.215. The maximum Gasteiger partial charge on any atom is 0.419 e. The van der Waals surface area contributed by atoms with Crippen LogP contribution in [0.1, 0.15) is 43.0 Å². The van der Waals surface area contributed by atoms with Crippen LogP contribution in [0.5, 0.6) is 0 Å². The number of rotatable bonds is 5. The van der Waals surface area contributed by atoms with Crippen LogP contribution in [0.4, 0.5) is 35.1 Å². The molecule has 0 aliphatic heterocycles. The van der Waals surface area contributed by atoms with Gasteiger partial charge in [-0.2, -0.15) is 26.3 Å². The number of carbonyl (C=O) groups excluding carboxylic acids is 1. The van der Waals surface area contributed by atoms with Crippen molar-refractivity contribution in [2.75, 3.05) is 6.61 Å². The second-order valence-electron chi connectivity index (χ2n) is 7.76. The van der Waals surface area contributed by atoms with E-state index in [0.29, 0.717) is 0 Å². The van der Waals surface area contributed by atoms with Gasteiger partial charge in [-0.15, -0.1) is 0 Å². The molecule has 34 heavy (non-hydrogen) atoms. The molecule has 0 saturated carbocycles. The Morgan fingerprint density at radius 1 is 0.824 bits per heavy atom. The summed E-state index contributed by atoms with van der Waals surface area (Å²) < 4.78 is 111. The van der Waals surface area contributed by atoms with Crippen molar-refractivity contribution < 1.29 is 49.4 Å². The molecule has 2 aromatic carbocycles. The van der Waals surface area contributed by atoms with Crippen molar-refractivity contribution in [1.29, 1.82) is 0 Å². The fraction of sp³-hybridized carbons (Fsp3) is 0.409. The minimum absolute atomic E-state index is 0.0143. The summed E-state index contributed by atoms with van der Waals surface area (Å²) in [6.45, 7) is 3.91. The van der Waals surface area contributed by atoms with Crippen LogP contribution in [0.25, 0.3) is 0 Å². The highest BCUT2D eigenvalue weighted by Gasteiger charge is 2.37. The van der Waals surface area contributed by atoms with E-state index in [-0.39, 0.29) is 16.5 Å². The fourth-order valence-electron chi connectivity index (χ4n) is 2.62. The van der Waals surface area contributed by atoms with Gasteiger partial charge in [-0.1, -0.05) is 40.2 Å². The Labute approximate surface area is 199 Å². The van der Waals surface area contributed by atoms with Gasteiger partial charge in [0, 0.05) is 5.33 Å². The van der Waals surface area contributed by atoms with Gasteiger partial charge in [-0.3, -0.25) is 0 Å². The van der Waals surface area contributed by atoms with E-state index in [1.807, 2.05) is 0 Å². The topological polar surface area (TPSA) is 35.5 Å². The van der Waals surface area contributed by atoms with Gasteiger partial charge in [0.05, 0.1) is 17.7 Å². The molecule has 0 aliphatic carbocycles. The molecular formula is C22H21BrF8O3. The molecule has 0 atom stereocenters. The van der Waals surface area contributed by atoms with Crippen molar-refractivity contribution in [3.8, 4) is 0 Å². The Morgan fingerprint density at radius 3 is 1.65 bits per heavy atom. The monoisotopic (exact) mass is 564 g/mol. The third-order valence-corrected chi connectivity index (χ3v) is 4.41. The maximum atomic E-state index is 13.3. The van der Waals surface area contributed by atoms with Gasteiger partial charge in [0.25, 0.3) is 0 Å². The van der Waals surface area contributed by atoms with Crippen LogP contribution < -0.4 is 0 Å². The van der Waals surface area contributed by atoms with Gasteiger partial charge in [0.1, 0.15) is 23.8 Å². The van der Waals surface area contributed by atoms with Gasteiger partial charge < -0.3 is 9.47 Å². The normalized spacial score (nSPS) is 12.1. The Kier molecular flexibility index (Phi) is 10.5. The summed E-state index contributed by atoms with van der Waals surface area (Å²) >= 11 is 2.87. The Morgan fingerprint density at radius 2 is 1.26 bits per heavy atom. The number of alkyl halides is 7. The zero-order valence-electron chi connectivity index (χ0n) is 18.2. The summed E-state index contributed by atoms with van der Waals surface area (Å²) in [4.78, 5) is 11.4. The predicted molar refractivity (Wildman–Crippen MR) is 111 cm³/mol. The summed E-state index contributed by atoms with van der Waals surface area (Å²) in [7, 11) is 0. The number of ether oxygens (including phenoxy) is 2. The molecule has 0 aliphatic rings. The minimum atomic E-state index is -4.82. The van der Waals surface area contributed by atoms with E-state index in [0.717, 1.165) is 24.3 Å². The highest BCUT2D eigenvalue weighted by atomic mass is 79.9. The second kappa shape index (κ2) is 12.0. The highest BCUT2D eigenvalue weighted by Crippen LogP contribution is 2.35. The van der Waals surface area contributed by atoms with Crippen molar-refractivity contribution in [1.82, 2.24) is 0 Å². The lowest BCUT2D eigenvalue weighted by atomic mass is 10.1. The van der Waals surface area contributed by atoms with Crippen LogP contribution >= 0.6 is 15.9 Å². The summed E-state index contributed by atoms with van der Waals surface area (Å²) in [5.74, 6) is -3.31. The molecule has 0 bridgehead atoms. The molecule has 2 rings (SSSR count). The van der Waals surface area contributed by atoms with E-state index in [2.05, 4.69) is 15.9 Å². The lowest BCUT2D eigenvalue weighted by molar-refractivity contribution is -0.160. The zero-order valence-corrected chi connectivity index (χ0v) is 19.8. The Bertz CT molecular complexity index is 966. The van der Waals surface area contributed by atoms with E-state index in [1.165, 1.54) is 12.1 Å². The van der Waals surface area contributed by atoms with Crippen molar-refractivity contribution >= 4 is 21.9 Å². The molecule has 0 saturated heterocycles. The third-order valence-electron chi connectivity index (χ3n) is 3.81. The molecule has 0 amide bonds. The van der Waals surface area contributed by atoms with Gasteiger partial charge in [0.15, 0.2) is 0 Å². The first-order valence-corrected chi connectivity index (χ1v) is 10.6. The van der Waals surface area contributed by atoms with Crippen LogP contribution in [0.3, 0.4) is 0 Å². The first-order chi connectivity index (χ1) is 15.5. The molecule has 2 aromatic rings. The fourth-order valence-corrected chi connectivity index (χ4v) is 3.09. The molecular weight excluding hydrogens is 544 g/mol. The molecule has 0 heterocycles. The molecule has 0 aromatic heterocycles. The number of carbonyl (C=O) groups is 1. The van der Waals surface area contributed by atoms with Crippen LogP contribution in [-0.2, 0) is 38.6 Å². The third kappa shape index (κ3) is 9.57. The van der Waals surface area contributed by atoms with Crippen LogP contribution in [-0.4, -0.2) is 18.2 Å². The first kappa shape index (κ1) is 29.8. The summed E-state index contributed by atoms with van der Waals surface area (Å²) in [5.41, 5.74) is -3.74.